The third-order valence-electron chi connectivity index (χ3n) is 3.15. The van der Waals surface area contributed by atoms with E-state index in [1.165, 1.54) is 0 Å². The van der Waals surface area contributed by atoms with Crippen LogP contribution in [0.15, 0.2) is 0 Å². The van der Waals surface area contributed by atoms with Crippen LogP contribution in [0.1, 0.15) is 33.6 Å². The first-order chi connectivity index (χ1) is 7.22. The van der Waals surface area contributed by atoms with Gasteiger partial charge in [0.2, 0.25) is 0 Å². The second-order valence-corrected chi connectivity index (χ2v) is 8.50. The first-order valence-corrected chi connectivity index (χ1v) is 7.58. The van der Waals surface area contributed by atoms with E-state index in [-0.39, 0.29) is 11.8 Å². The zero-order valence-electron chi connectivity index (χ0n) is 10.6. The third-order valence-corrected chi connectivity index (χ3v) is 5.74. The van der Waals surface area contributed by atoms with Gasteiger partial charge in [-0.3, -0.25) is 0 Å². The van der Waals surface area contributed by atoms with Gasteiger partial charge in [-0.1, -0.05) is 0 Å². The summed E-state index contributed by atoms with van der Waals surface area (Å²) in [5.74, 6) is 0.239. The van der Waals surface area contributed by atoms with Crippen molar-refractivity contribution in [3.8, 4) is 0 Å². The Labute approximate surface area is 99.1 Å². The number of nitrogens with zero attached hydrogens (tertiary/aromatic N) is 1. The van der Waals surface area contributed by atoms with Gasteiger partial charge >= 0.3 is 0 Å². The fourth-order valence-corrected chi connectivity index (χ4v) is 2.96. The molecule has 0 spiro atoms. The molecule has 0 aliphatic carbocycles. The van der Waals surface area contributed by atoms with Gasteiger partial charge in [-0.25, -0.2) is 8.42 Å². The molecule has 1 saturated heterocycles. The van der Waals surface area contributed by atoms with E-state index in [0.717, 1.165) is 25.9 Å². The summed E-state index contributed by atoms with van der Waals surface area (Å²) in [7, 11) is -3.00. The van der Waals surface area contributed by atoms with Gasteiger partial charge in [-0.2, -0.15) is 0 Å². The van der Waals surface area contributed by atoms with E-state index in [2.05, 4.69) is 4.90 Å². The number of nitrogens with two attached hydrogens (primary N) is 1. The summed E-state index contributed by atoms with van der Waals surface area (Å²) < 4.78 is 23.2. The van der Waals surface area contributed by atoms with Crippen LogP contribution in [0.5, 0.6) is 0 Å². The Bertz CT molecular complexity index is 319. The lowest BCUT2D eigenvalue weighted by atomic mass is 10.1. The van der Waals surface area contributed by atoms with Gasteiger partial charge in [-0.15, -0.1) is 0 Å². The minimum Gasteiger partial charge on any atom is -0.327 e. The Balaban J connectivity index is 2.46. The Morgan fingerprint density at radius 2 is 2.00 bits per heavy atom. The molecule has 2 N–H and O–H groups in total. The maximum absolute atomic E-state index is 11.9. The van der Waals surface area contributed by atoms with Gasteiger partial charge in [0.1, 0.15) is 0 Å². The van der Waals surface area contributed by atoms with E-state index in [9.17, 15) is 8.42 Å². The van der Waals surface area contributed by atoms with Gasteiger partial charge < -0.3 is 10.6 Å². The number of hydrogen-bond acceptors (Lipinski definition) is 4. The Morgan fingerprint density at radius 3 is 2.50 bits per heavy atom. The third kappa shape index (κ3) is 3.71. The second kappa shape index (κ2) is 5.02. The van der Waals surface area contributed by atoms with E-state index >= 15 is 0 Å². The highest BCUT2D eigenvalue weighted by Crippen LogP contribution is 2.17. The summed E-state index contributed by atoms with van der Waals surface area (Å²) in [6.07, 6.45) is 2.14. The quantitative estimate of drug-likeness (QED) is 0.795. The van der Waals surface area contributed by atoms with Crippen molar-refractivity contribution >= 4 is 9.84 Å². The summed E-state index contributed by atoms with van der Waals surface area (Å²) in [6, 6.07) is 0.214. The number of rotatable bonds is 3. The zero-order valence-corrected chi connectivity index (χ0v) is 11.4. The maximum atomic E-state index is 11.9. The lowest BCUT2D eigenvalue weighted by molar-refractivity contribution is 0.219. The molecule has 1 atom stereocenters. The molecule has 0 unspecified atom stereocenters. The van der Waals surface area contributed by atoms with Crippen molar-refractivity contribution in [2.45, 2.75) is 44.4 Å². The summed E-state index contributed by atoms with van der Waals surface area (Å²) in [6.45, 7) is 7.69. The van der Waals surface area contributed by atoms with Gasteiger partial charge in [0.25, 0.3) is 0 Å². The van der Waals surface area contributed by atoms with Crippen LogP contribution < -0.4 is 5.73 Å². The molecular formula is C11H24N2O2S. The molecule has 0 aromatic rings. The SMILES string of the molecule is CC(C)(C)S(=O)(=O)CCN1CCC[C@@H](N)C1. The smallest absolute Gasteiger partial charge is 0.156 e. The van der Waals surface area contributed by atoms with E-state index in [1.54, 1.807) is 20.8 Å². The van der Waals surface area contributed by atoms with E-state index in [1.807, 2.05) is 0 Å². The largest absolute Gasteiger partial charge is 0.327 e. The highest BCUT2D eigenvalue weighted by molar-refractivity contribution is 7.92. The number of piperidine rings is 1. The number of likely N-dealkylation sites (tertiary alicyclic amines) is 1. The first-order valence-electron chi connectivity index (χ1n) is 5.92. The van der Waals surface area contributed by atoms with E-state index < -0.39 is 14.6 Å². The van der Waals surface area contributed by atoms with Crippen molar-refractivity contribution in [1.82, 2.24) is 4.90 Å². The minimum atomic E-state index is -3.00. The first kappa shape index (κ1) is 13.9. The fraction of sp³-hybridized carbons (Fsp3) is 1.00. The molecule has 1 fully saturated rings. The summed E-state index contributed by atoms with van der Waals surface area (Å²) in [4.78, 5) is 2.16. The summed E-state index contributed by atoms with van der Waals surface area (Å²) >= 11 is 0. The lowest BCUT2D eigenvalue weighted by Gasteiger charge is -2.31. The van der Waals surface area contributed by atoms with Crippen molar-refractivity contribution in [1.29, 1.82) is 0 Å². The van der Waals surface area contributed by atoms with E-state index in [4.69, 9.17) is 5.73 Å². The molecule has 1 aliphatic heterocycles. The average Bonchev–Trinajstić information content (AvgIpc) is 2.13. The molecule has 1 aliphatic rings. The van der Waals surface area contributed by atoms with Crippen LogP contribution in [0.2, 0.25) is 0 Å². The monoisotopic (exact) mass is 248 g/mol. The fourth-order valence-electron chi connectivity index (χ4n) is 1.85. The molecule has 0 aromatic carbocycles. The summed E-state index contributed by atoms with van der Waals surface area (Å²) in [5, 5.41) is 0. The van der Waals surface area contributed by atoms with Gasteiger partial charge in [0, 0.05) is 19.1 Å². The molecule has 1 heterocycles. The molecule has 4 nitrogen and oxygen atoms in total. The second-order valence-electron chi connectivity index (χ2n) is 5.63. The van der Waals surface area contributed by atoms with Crippen LogP contribution in [0.25, 0.3) is 0 Å². The molecule has 16 heavy (non-hydrogen) atoms. The summed E-state index contributed by atoms with van der Waals surface area (Å²) in [5.41, 5.74) is 5.86. The molecule has 1 rings (SSSR count). The van der Waals surface area contributed by atoms with Gasteiger partial charge in [0.15, 0.2) is 9.84 Å². The standard InChI is InChI=1S/C11H24N2O2S/c1-11(2,3)16(14,15)8-7-13-6-4-5-10(12)9-13/h10H,4-9,12H2,1-3H3/t10-/m1/s1. The Kier molecular flexibility index (Phi) is 4.37. The van der Waals surface area contributed by atoms with Gasteiger partial charge in [0.05, 0.1) is 10.5 Å². The van der Waals surface area contributed by atoms with Crippen molar-refractivity contribution in [2.24, 2.45) is 5.73 Å². The Hall–Kier alpha value is -0.130. The molecule has 0 amide bonds. The maximum Gasteiger partial charge on any atom is 0.156 e. The van der Waals surface area contributed by atoms with Crippen LogP contribution in [0, 0.1) is 0 Å². The zero-order chi connectivity index (χ0) is 12.4. The van der Waals surface area contributed by atoms with Crippen LogP contribution in [-0.4, -0.2) is 49.5 Å². The normalized spacial score (nSPS) is 24.6. The predicted molar refractivity (Wildman–Crippen MR) is 67.2 cm³/mol. The molecule has 0 bridgehead atoms. The Morgan fingerprint density at radius 1 is 1.38 bits per heavy atom. The number of sulfone groups is 1. The highest BCUT2D eigenvalue weighted by atomic mass is 32.2. The molecule has 0 saturated carbocycles. The van der Waals surface area contributed by atoms with Crippen molar-refractivity contribution in [3.05, 3.63) is 0 Å². The average molecular weight is 248 g/mol. The van der Waals surface area contributed by atoms with Crippen molar-refractivity contribution in [2.75, 3.05) is 25.4 Å². The molecule has 0 aromatic heterocycles. The molecule has 0 radical (unpaired) electrons. The van der Waals surface area contributed by atoms with Crippen molar-refractivity contribution < 1.29 is 8.42 Å². The van der Waals surface area contributed by atoms with E-state index in [0.29, 0.717) is 6.54 Å². The molecule has 96 valence electrons. The predicted octanol–water partition coefficient (Wildman–Crippen LogP) is 0.623. The van der Waals surface area contributed by atoms with Crippen molar-refractivity contribution in [3.63, 3.8) is 0 Å². The minimum absolute atomic E-state index is 0.214. The molecule has 5 heteroatoms. The highest BCUT2D eigenvalue weighted by Gasteiger charge is 2.29. The topological polar surface area (TPSA) is 63.4 Å². The number of hydrogen-bond donors (Lipinski definition) is 1. The van der Waals surface area contributed by atoms with Crippen LogP contribution in [-0.2, 0) is 9.84 Å². The van der Waals surface area contributed by atoms with Crippen LogP contribution >= 0.6 is 0 Å². The van der Waals surface area contributed by atoms with Gasteiger partial charge in [-0.05, 0) is 40.2 Å². The van der Waals surface area contributed by atoms with Crippen LogP contribution in [0.4, 0.5) is 0 Å². The molecular weight excluding hydrogens is 224 g/mol. The lowest BCUT2D eigenvalue weighted by Crippen LogP contribution is -2.45. The van der Waals surface area contributed by atoms with Crippen LogP contribution in [0.3, 0.4) is 0 Å².